The second kappa shape index (κ2) is 11.3. The summed E-state index contributed by atoms with van der Waals surface area (Å²) in [6.45, 7) is 6.53. The van der Waals surface area contributed by atoms with Gasteiger partial charge >= 0.3 is 6.18 Å². The van der Waals surface area contributed by atoms with Crippen LogP contribution < -0.4 is 10.6 Å². The average Bonchev–Trinajstić information content (AvgIpc) is 3.20. The maximum atomic E-state index is 12.5. The molecule has 27 heavy (non-hydrogen) atoms. The smallest absolute Gasteiger partial charge is 0.357 e. The number of hydrogen-bond donors (Lipinski definition) is 2. The quantitative estimate of drug-likeness (QED) is 0.330. The number of nitrogens with zero attached hydrogens (tertiary/aromatic N) is 3. The highest BCUT2D eigenvalue weighted by molar-refractivity contribution is 14.0. The van der Waals surface area contributed by atoms with Gasteiger partial charge < -0.3 is 15.5 Å². The van der Waals surface area contributed by atoms with Crippen molar-refractivity contribution in [1.82, 2.24) is 20.4 Å². The highest BCUT2D eigenvalue weighted by atomic mass is 127. The second-order valence-corrected chi connectivity index (χ2v) is 7.05. The summed E-state index contributed by atoms with van der Waals surface area (Å²) in [6, 6.07) is 0.161. The van der Waals surface area contributed by atoms with Crippen LogP contribution >= 0.6 is 24.0 Å². The summed E-state index contributed by atoms with van der Waals surface area (Å²) in [7, 11) is 0. The first-order valence-electron chi connectivity index (χ1n) is 9.42. The molecule has 2 N–H and O–H groups in total. The highest BCUT2D eigenvalue weighted by Crippen LogP contribution is 2.22. The maximum Gasteiger partial charge on any atom is 0.401 e. The zero-order valence-corrected chi connectivity index (χ0v) is 18.3. The van der Waals surface area contributed by atoms with E-state index in [9.17, 15) is 18.0 Å². The van der Waals surface area contributed by atoms with Gasteiger partial charge in [-0.3, -0.25) is 14.7 Å². The Balaban J connectivity index is 0.00000364. The molecule has 0 aliphatic carbocycles. The number of nitrogens with one attached hydrogen (secondary N) is 2. The second-order valence-electron chi connectivity index (χ2n) is 7.05. The van der Waals surface area contributed by atoms with Gasteiger partial charge in [0, 0.05) is 45.2 Å². The van der Waals surface area contributed by atoms with E-state index < -0.39 is 12.7 Å². The van der Waals surface area contributed by atoms with Crippen LogP contribution in [-0.2, 0) is 4.79 Å². The molecule has 0 saturated carbocycles. The van der Waals surface area contributed by atoms with Crippen molar-refractivity contribution < 1.29 is 18.0 Å². The number of aliphatic imine (C=N–C) groups is 1. The van der Waals surface area contributed by atoms with Gasteiger partial charge in [-0.2, -0.15) is 13.2 Å². The first kappa shape index (κ1) is 24.3. The Morgan fingerprint density at radius 1 is 1.19 bits per heavy atom. The van der Waals surface area contributed by atoms with Gasteiger partial charge in [0.25, 0.3) is 0 Å². The fourth-order valence-electron chi connectivity index (χ4n) is 3.52. The lowest BCUT2D eigenvalue weighted by atomic mass is 10.1. The van der Waals surface area contributed by atoms with E-state index >= 15 is 0 Å². The van der Waals surface area contributed by atoms with E-state index in [-0.39, 0.29) is 41.8 Å². The van der Waals surface area contributed by atoms with Gasteiger partial charge in [-0.05, 0) is 32.2 Å². The molecule has 158 valence electrons. The summed E-state index contributed by atoms with van der Waals surface area (Å²) in [5, 5.41) is 6.53. The molecule has 10 heteroatoms. The van der Waals surface area contributed by atoms with Crippen LogP contribution in [0.25, 0.3) is 0 Å². The number of carbonyl (C=O) groups excluding carboxylic acids is 1. The van der Waals surface area contributed by atoms with Crippen molar-refractivity contribution in [1.29, 1.82) is 0 Å². The number of likely N-dealkylation sites (tertiary alicyclic amines) is 2. The Morgan fingerprint density at radius 3 is 2.56 bits per heavy atom. The van der Waals surface area contributed by atoms with Crippen LogP contribution in [-0.4, -0.2) is 79.7 Å². The zero-order chi connectivity index (χ0) is 19.2. The van der Waals surface area contributed by atoms with Gasteiger partial charge in [0.05, 0.1) is 6.54 Å². The summed E-state index contributed by atoms with van der Waals surface area (Å²) in [6.07, 6.45) is -2.02. The average molecular weight is 505 g/mol. The minimum Gasteiger partial charge on any atom is -0.357 e. The molecule has 2 aliphatic heterocycles. The molecule has 2 unspecified atom stereocenters. The third-order valence-electron chi connectivity index (χ3n) is 4.81. The van der Waals surface area contributed by atoms with Crippen LogP contribution in [0.1, 0.15) is 33.1 Å². The number of alkyl halides is 3. The summed E-state index contributed by atoms with van der Waals surface area (Å²) in [4.78, 5) is 19.6. The van der Waals surface area contributed by atoms with Gasteiger partial charge in [0.2, 0.25) is 5.91 Å². The van der Waals surface area contributed by atoms with Crippen molar-refractivity contribution >= 4 is 35.8 Å². The Labute approximate surface area is 176 Å². The van der Waals surface area contributed by atoms with Crippen molar-refractivity contribution in [3.63, 3.8) is 0 Å². The molecule has 2 aliphatic rings. The molecule has 0 aromatic rings. The standard InChI is InChI=1S/C17H30F3N5O.HI/c1-3-15(26)25-8-6-14(11-25)23-16(21-4-2)22-9-13-5-7-24(10-13)12-17(18,19)20;/h13-14H,3-12H2,1-2H3,(H2,21,22,23);1H. The lowest BCUT2D eigenvalue weighted by molar-refractivity contribution is -0.143. The molecule has 1 amide bonds. The maximum absolute atomic E-state index is 12.5. The third kappa shape index (κ3) is 8.41. The summed E-state index contributed by atoms with van der Waals surface area (Å²) in [5.74, 6) is 0.985. The number of carbonyl (C=O) groups is 1. The summed E-state index contributed by atoms with van der Waals surface area (Å²) in [5.41, 5.74) is 0. The first-order valence-corrected chi connectivity index (χ1v) is 9.42. The minimum atomic E-state index is -4.14. The Hall–Kier alpha value is -0.780. The molecular weight excluding hydrogens is 474 g/mol. The van der Waals surface area contributed by atoms with Crippen molar-refractivity contribution in [2.24, 2.45) is 10.9 Å². The van der Waals surface area contributed by atoms with Gasteiger partial charge in [0.1, 0.15) is 0 Å². The monoisotopic (exact) mass is 505 g/mol. The van der Waals surface area contributed by atoms with Crippen LogP contribution in [0.2, 0.25) is 0 Å². The highest BCUT2D eigenvalue weighted by Gasteiger charge is 2.34. The predicted molar refractivity (Wildman–Crippen MR) is 110 cm³/mol. The molecule has 6 nitrogen and oxygen atoms in total. The topological polar surface area (TPSA) is 60.0 Å². The summed E-state index contributed by atoms with van der Waals surface area (Å²) < 4.78 is 37.4. The van der Waals surface area contributed by atoms with E-state index in [1.165, 1.54) is 4.90 Å². The number of hydrogen-bond acceptors (Lipinski definition) is 3. The normalized spacial score (nSPS) is 24.0. The van der Waals surface area contributed by atoms with Gasteiger partial charge in [-0.25, -0.2) is 0 Å². The molecular formula is C17H31F3IN5O. The van der Waals surface area contributed by atoms with Crippen LogP contribution in [0.5, 0.6) is 0 Å². The van der Waals surface area contributed by atoms with Gasteiger partial charge in [-0.1, -0.05) is 6.92 Å². The first-order chi connectivity index (χ1) is 12.3. The number of guanidine groups is 1. The SMILES string of the molecule is CCNC(=NCC1CCN(CC(F)(F)F)C1)NC1CCN(C(=O)CC)C1.I. The van der Waals surface area contributed by atoms with Crippen LogP contribution in [0.15, 0.2) is 4.99 Å². The van der Waals surface area contributed by atoms with Crippen LogP contribution in [0.3, 0.4) is 0 Å². The molecule has 2 saturated heterocycles. The fraction of sp³-hybridized carbons (Fsp3) is 0.882. The van der Waals surface area contributed by atoms with Crippen molar-refractivity contribution in [3.05, 3.63) is 0 Å². The van der Waals surface area contributed by atoms with Gasteiger partial charge in [-0.15, -0.1) is 24.0 Å². The van der Waals surface area contributed by atoms with E-state index in [0.717, 1.165) is 19.4 Å². The molecule has 0 radical (unpaired) electrons. The molecule has 2 fully saturated rings. The van der Waals surface area contributed by atoms with Crippen molar-refractivity contribution in [2.45, 2.75) is 45.3 Å². The zero-order valence-electron chi connectivity index (χ0n) is 16.0. The van der Waals surface area contributed by atoms with Crippen molar-refractivity contribution in [3.8, 4) is 0 Å². The van der Waals surface area contributed by atoms with E-state index in [0.29, 0.717) is 45.1 Å². The molecule has 2 atom stereocenters. The van der Waals surface area contributed by atoms with Crippen molar-refractivity contribution in [2.75, 3.05) is 45.8 Å². The molecule has 0 bridgehead atoms. The number of halogens is 4. The van der Waals surface area contributed by atoms with E-state index in [1.54, 1.807) is 0 Å². The Kier molecular flexibility index (Phi) is 10.1. The molecule has 2 heterocycles. The Morgan fingerprint density at radius 2 is 1.93 bits per heavy atom. The Bertz CT molecular complexity index is 503. The largest absolute Gasteiger partial charge is 0.401 e. The minimum absolute atomic E-state index is 0. The number of rotatable bonds is 6. The van der Waals surface area contributed by atoms with Crippen LogP contribution in [0, 0.1) is 5.92 Å². The molecule has 0 spiro atoms. The van der Waals surface area contributed by atoms with Gasteiger partial charge in [0.15, 0.2) is 5.96 Å². The number of amides is 1. The lowest BCUT2D eigenvalue weighted by Gasteiger charge is -2.19. The molecule has 0 aromatic carbocycles. The van der Waals surface area contributed by atoms with E-state index in [1.807, 2.05) is 18.7 Å². The third-order valence-corrected chi connectivity index (χ3v) is 4.81. The predicted octanol–water partition coefficient (Wildman–Crippen LogP) is 2.05. The summed E-state index contributed by atoms with van der Waals surface area (Å²) >= 11 is 0. The molecule has 0 aromatic heterocycles. The van der Waals surface area contributed by atoms with E-state index in [2.05, 4.69) is 15.6 Å². The lowest BCUT2D eigenvalue weighted by Crippen LogP contribution is -2.45. The van der Waals surface area contributed by atoms with Crippen LogP contribution in [0.4, 0.5) is 13.2 Å². The fourth-order valence-corrected chi connectivity index (χ4v) is 3.52. The van der Waals surface area contributed by atoms with E-state index in [4.69, 9.17) is 0 Å². The molecule has 2 rings (SSSR count).